The molecule has 0 amide bonds. The van der Waals surface area contributed by atoms with Crippen molar-refractivity contribution in [3.8, 4) is 5.75 Å². The predicted octanol–water partition coefficient (Wildman–Crippen LogP) is 2.26. The highest BCUT2D eigenvalue weighted by atomic mass is 16.6. The van der Waals surface area contributed by atoms with E-state index in [1.165, 1.54) is 7.11 Å². The molecule has 2 aromatic rings. The first-order valence-electron chi connectivity index (χ1n) is 6.07. The number of aromatic nitrogens is 2. The van der Waals surface area contributed by atoms with Crippen LogP contribution in [-0.2, 0) is 13.6 Å². The first kappa shape index (κ1) is 13.9. The Morgan fingerprint density at radius 2 is 2.25 bits per heavy atom. The van der Waals surface area contributed by atoms with Crippen molar-refractivity contribution in [3.63, 3.8) is 0 Å². The third kappa shape index (κ3) is 2.56. The van der Waals surface area contributed by atoms with Crippen molar-refractivity contribution in [1.82, 2.24) is 9.78 Å². The molecule has 0 saturated carbocycles. The average molecular weight is 276 g/mol. The van der Waals surface area contributed by atoms with Crippen molar-refractivity contribution in [3.05, 3.63) is 45.8 Å². The Kier molecular flexibility index (Phi) is 3.88. The van der Waals surface area contributed by atoms with Crippen LogP contribution in [0.15, 0.2) is 24.4 Å². The molecule has 20 heavy (non-hydrogen) atoms. The quantitative estimate of drug-likeness (QED) is 0.669. The zero-order valence-corrected chi connectivity index (χ0v) is 11.6. The van der Waals surface area contributed by atoms with Crippen LogP contribution in [0.4, 0.5) is 11.4 Å². The minimum Gasteiger partial charge on any atom is -0.490 e. The van der Waals surface area contributed by atoms with Crippen LogP contribution >= 0.6 is 0 Å². The summed E-state index contributed by atoms with van der Waals surface area (Å²) in [5.41, 5.74) is 2.38. The molecule has 2 rings (SSSR count). The summed E-state index contributed by atoms with van der Waals surface area (Å²) < 4.78 is 6.79. The van der Waals surface area contributed by atoms with Gasteiger partial charge in [0.25, 0.3) is 0 Å². The molecule has 1 N–H and O–H groups in total. The van der Waals surface area contributed by atoms with Gasteiger partial charge in [-0.2, -0.15) is 5.10 Å². The molecule has 1 heterocycles. The number of aryl methyl sites for hydroxylation is 1. The number of benzene rings is 1. The van der Waals surface area contributed by atoms with E-state index in [9.17, 15) is 10.1 Å². The average Bonchev–Trinajstić information content (AvgIpc) is 2.75. The van der Waals surface area contributed by atoms with Gasteiger partial charge in [0.05, 0.1) is 18.2 Å². The normalized spacial score (nSPS) is 10.3. The summed E-state index contributed by atoms with van der Waals surface area (Å²) in [5.74, 6) is 0.239. The molecule has 0 aliphatic heterocycles. The fourth-order valence-corrected chi connectivity index (χ4v) is 1.93. The minimum absolute atomic E-state index is 0.0588. The van der Waals surface area contributed by atoms with Crippen LogP contribution in [0.5, 0.6) is 5.75 Å². The van der Waals surface area contributed by atoms with Crippen molar-refractivity contribution >= 4 is 11.4 Å². The lowest BCUT2D eigenvalue weighted by Crippen LogP contribution is -2.05. The lowest BCUT2D eigenvalue weighted by Gasteiger charge is -2.09. The number of methoxy groups -OCH3 is 1. The fourth-order valence-electron chi connectivity index (χ4n) is 1.93. The van der Waals surface area contributed by atoms with E-state index < -0.39 is 4.92 Å². The van der Waals surface area contributed by atoms with Crippen molar-refractivity contribution in [2.75, 3.05) is 12.4 Å². The highest BCUT2D eigenvalue weighted by Crippen LogP contribution is 2.34. The van der Waals surface area contributed by atoms with Gasteiger partial charge in [-0.15, -0.1) is 0 Å². The van der Waals surface area contributed by atoms with Gasteiger partial charge in [0.2, 0.25) is 0 Å². The van der Waals surface area contributed by atoms with E-state index >= 15 is 0 Å². The summed E-state index contributed by atoms with van der Waals surface area (Å²) in [6, 6.07) is 4.94. The monoisotopic (exact) mass is 276 g/mol. The van der Waals surface area contributed by atoms with Crippen molar-refractivity contribution in [2.45, 2.75) is 13.5 Å². The molecule has 0 saturated heterocycles. The van der Waals surface area contributed by atoms with Gasteiger partial charge in [-0.3, -0.25) is 14.8 Å². The second-order valence-electron chi connectivity index (χ2n) is 4.35. The molecule has 106 valence electrons. The van der Waals surface area contributed by atoms with Crippen LogP contribution in [0.1, 0.15) is 11.3 Å². The van der Waals surface area contributed by atoms with E-state index in [0.717, 1.165) is 11.3 Å². The van der Waals surface area contributed by atoms with Gasteiger partial charge in [-0.25, -0.2) is 0 Å². The summed E-state index contributed by atoms with van der Waals surface area (Å²) in [4.78, 5) is 10.7. The number of nitro groups is 1. The number of anilines is 1. The number of ether oxygens (including phenoxy) is 1. The Morgan fingerprint density at radius 1 is 1.50 bits per heavy atom. The molecule has 7 nitrogen and oxygen atoms in total. The van der Waals surface area contributed by atoms with Gasteiger partial charge in [-0.05, 0) is 19.1 Å². The molecule has 0 aliphatic carbocycles. The molecule has 0 radical (unpaired) electrons. The number of hydrogen-bond donors (Lipinski definition) is 1. The number of para-hydroxylation sites is 1. The van der Waals surface area contributed by atoms with Crippen molar-refractivity contribution < 1.29 is 9.66 Å². The van der Waals surface area contributed by atoms with E-state index in [0.29, 0.717) is 12.2 Å². The van der Waals surface area contributed by atoms with Gasteiger partial charge in [0.1, 0.15) is 5.69 Å². The molecule has 7 heteroatoms. The Bertz CT molecular complexity index is 637. The Morgan fingerprint density at radius 3 is 2.80 bits per heavy atom. The van der Waals surface area contributed by atoms with Crippen LogP contribution < -0.4 is 10.1 Å². The van der Waals surface area contributed by atoms with Crippen LogP contribution in [0.2, 0.25) is 0 Å². The van der Waals surface area contributed by atoms with E-state index in [1.807, 2.05) is 14.0 Å². The minimum atomic E-state index is -0.447. The maximum absolute atomic E-state index is 11.2. The molecule has 0 atom stereocenters. The maximum Gasteiger partial charge on any atom is 0.333 e. The highest BCUT2D eigenvalue weighted by Gasteiger charge is 2.20. The van der Waals surface area contributed by atoms with Gasteiger partial charge in [0.15, 0.2) is 5.75 Å². The maximum atomic E-state index is 11.2. The van der Waals surface area contributed by atoms with Gasteiger partial charge in [0, 0.05) is 24.8 Å². The lowest BCUT2D eigenvalue weighted by atomic mass is 10.2. The Balaban J connectivity index is 2.25. The number of hydrogen-bond acceptors (Lipinski definition) is 5. The lowest BCUT2D eigenvalue weighted by molar-refractivity contribution is -0.384. The summed E-state index contributed by atoms with van der Waals surface area (Å²) in [5, 5.41) is 18.4. The van der Waals surface area contributed by atoms with Gasteiger partial charge >= 0.3 is 5.69 Å². The Hall–Kier alpha value is -2.57. The summed E-state index contributed by atoms with van der Waals surface area (Å²) in [6.45, 7) is 2.41. The standard InChI is InChI=1S/C13H16N4O3/c1-9-10(8-15-16(9)2)7-14-11-5-4-6-12(20-3)13(11)17(18)19/h4-6,8,14H,7H2,1-3H3. The molecular weight excluding hydrogens is 260 g/mol. The first-order chi connectivity index (χ1) is 9.54. The third-order valence-corrected chi connectivity index (χ3v) is 3.21. The van der Waals surface area contributed by atoms with Crippen LogP contribution in [0.25, 0.3) is 0 Å². The predicted molar refractivity (Wildman–Crippen MR) is 74.9 cm³/mol. The number of nitro benzene ring substituents is 1. The molecular formula is C13H16N4O3. The second kappa shape index (κ2) is 5.60. The fraction of sp³-hybridized carbons (Fsp3) is 0.308. The van der Waals surface area contributed by atoms with E-state index in [2.05, 4.69) is 10.4 Å². The van der Waals surface area contributed by atoms with Gasteiger partial charge in [-0.1, -0.05) is 6.07 Å². The smallest absolute Gasteiger partial charge is 0.333 e. The molecule has 0 bridgehead atoms. The second-order valence-corrected chi connectivity index (χ2v) is 4.35. The number of rotatable bonds is 5. The summed E-state index contributed by atoms with van der Waals surface area (Å²) >= 11 is 0. The summed E-state index contributed by atoms with van der Waals surface area (Å²) in [7, 11) is 3.27. The van der Waals surface area contributed by atoms with Gasteiger partial charge < -0.3 is 10.1 Å². The Labute approximate surface area is 116 Å². The molecule has 1 aromatic heterocycles. The zero-order chi connectivity index (χ0) is 14.7. The molecule has 0 aliphatic rings. The van der Waals surface area contributed by atoms with E-state index in [4.69, 9.17) is 4.74 Å². The summed E-state index contributed by atoms with van der Waals surface area (Å²) in [6.07, 6.45) is 1.74. The van der Waals surface area contributed by atoms with Crippen LogP contribution in [0, 0.1) is 17.0 Å². The largest absolute Gasteiger partial charge is 0.490 e. The molecule has 0 fully saturated rings. The molecule has 0 spiro atoms. The van der Waals surface area contributed by atoms with Crippen LogP contribution in [0.3, 0.4) is 0 Å². The number of nitrogens with one attached hydrogen (secondary N) is 1. The molecule has 0 unspecified atom stereocenters. The first-order valence-corrected chi connectivity index (χ1v) is 6.07. The van der Waals surface area contributed by atoms with E-state index in [-0.39, 0.29) is 11.4 Å². The third-order valence-electron chi connectivity index (χ3n) is 3.21. The molecule has 1 aromatic carbocycles. The number of nitrogens with zero attached hydrogens (tertiary/aromatic N) is 3. The topological polar surface area (TPSA) is 82.2 Å². The SMILES string of the molecule is COc1cccc(NCc2cnn(C)c2C)c1[N+](=O)[O-]. The van der Waals surface area contributed by atoms with Crippen molar-refractivity contribution in [2.24, 2.45) is 7.05 Å². The van der Waals surface area contributed by atoms with E-state index in [1.54, 1.807) is 29.1 Å². The highest BCUT2D eigenvalue weighted by molar-refractivity contribution is 5.68. The zero-order valence-electron chi connectivity index (χ0n) is 11.6. The van der Waals surface area contributed by atoms with Crippen molar-refractivity contribution in [1.29, 1.82) is 0 Å². The van der Waals surface area contributed by atoms with Crippen LogP contribution in [-0.4, -0.2) is 21.8 Å².